The summed E-state index contributed by atoms with van der Waals surface area (Å²) in [6.45, 7) is 7.35. The van der Waals surface area contributed by atoms with E-state index in [2.05, 4.69) is 13.2 Å². The van der Waals surface area contributed by atoms with E-state index in [4.69, 9.17) is 0 Å². The van der Waals surface area contributed by atoms with Gasteiger partial charge in [0.2, 0.25) is 5.91 Å². The number of carbonyl (C=O) groups is 1. The zero-order valence-electron chi connectivity index (χ0n) is 8.49. The number of hydrogen-bond acceptors (Lipinski definition) is 1. The summed E-state index contributed by atoms with van der Waals surface area (Å²) in [5.74, 6) is 0.152. The summed E-state index contributed by atoms with van der Waals surface area (Å²) in [6.07, 6.45) is 8.58. The van der Waals surface area contributed by atoms with Crippen molar-refractivity contribution in [2.24, 2.45) is 0 Å². The second-order valence-corrected chi connectivity index (χ2v) is 3.16. The molecule has 2 heteroatoms. The van der Waals surface area contributed by atoms with Crippen molar-refractivity contribution in [1.82, 2.24) is 4.90 Å². The molecule has 0 unspecified atom stereocenters. The van der Waals surface area contributed by atoms with Crippen molar-refractivity contribution in [2.45, 2.75) is 12.8 Å². The molecule has 0 saturated heterocycles. The molecule has 1 rings (SSSR count). The number of carbonyl (C=O) groups excluding carboxylic acids is 1. The average molecular weight is 189 g/mol. The Morgan fingerprint density at radius 1 is 1.36 bits per heavy atom. The molecule has 0 aromatic carbocycles. The summed E-state index contributed by atoms with van der Waals surface area (Å²) >= 11 is 0. The molecule has 0 fully saturated rings. The molecule has 0 aliphatic carbocycles. The molecule has 1 aliphatic heterocycles. The van der Waals surface area contributed by atoms with Crippen LogP contribution in [0.5, 0.6) is 0 Å². The third-order valence-corrected chi connectivity index (χ3v) is 2.31. The van der Waals surface area contributed by atoms with Crippen LogP contribution in [0.1, 0.15) is 12.8 Å². The standard InChI is InChI=1S/C12H15NO/c1-4-6-7-11-10(5-2)8-9-12(14)13(11)3/h4-7H,1-2,8-9H2,3H3/b7-6-. The van der Waals surface area contributed by atoms with E-state index in [9.17, 15) is 4.79 Å². The summed E-state index contributed by atoms with van der Waals surface area (Å²) in [6, 6.07) is 0. The van der Waals surface area contributed by atoms with E-state index in [0.717, 1.165) is 17.7 Å². The second kappa shape index (κ2) is 4.61. The minimum atomic E-state index is 0.152. The quantitative estimate of drug-likeness (QED) is 0.624. The van der Waals surface area contributed by atoms with Crippen LogP contribution in [0.2, 0.25) is 0 Å². The van der Waals surface area contributed by atoms with Crippen LogP contribution in [0.3, 0.4) is 0 Å². The van der Waals surface area contributed by atoms with E-state index < -0.39 is 0 Å². The fourth-order valence-corrected chi connectivity index (χ4v) is 1.47. The molecular weight excluding hydrogens is 174 g/mol. The maximum atomic E-state index is 11.4. The summed E-state index contributed by atoms with van der Waals surface area (Å²) in [7, 11) is 1.79. The zero-order chi connectivity index (χ0) is 10.6. The van der Waals surface area contributed by atoms with Crippen LogP contribution in [0.15, 0.2) is 48.7 Å². The largest absolute Gasteiger partial charge is 0.315 e. The number of likely N-dealkylation sites (N-methyl/N-ethyl adjacent to an activating group) is 1. The van der Waals surface area contributed by atoms with Gasteiger partial charge in [0.15, 0.2) is 0 Å². The summed E-state index contributed by atoms with van der Waals surface area (Å²) in [5.41, 5.74) is 2.04. The Labute approximate surface area is 84.9 Å². The third kappa shape index (κ3) is 2.02. The number of allylic oxidation sites excluding steroid dienone is 5. The fraction of sp³-hybridized carbons (Fsp3) is 0.250. The van der Waals surface area contributed by atoms with Gasteiger partial charge in [-0.25, -0.2) is 0 Å². The van der Waals surface area contributed by atoms with E-state index in [1.54, 1.807) is 18.0 Å². The molecule has 0 saturated carbocycles. The average Bonchev–Trinajstić information content (AvgIpc) is 2.20. The normalized spacial score (nSPS) is 17.8. The molecule has 0 atom stereocenters. The predicted molar refractivity (Wildman–Crippen MR) is 58.6 cm³/mol. The molecule has 0 bridgehead atoms. The number of hydrogen-bond donors (Lipinski definition) is 0. The summed E-state index contributed by atoms with van der Waals surface area (Å²) in [4.78, 5) is 13.1. The van der Waals surface area contributed by atoms with Crippen LogP contribution >= 0.6 is 0 Å². The van der Waals surface area contributed by atoms with Crippen molar-refractivity contribution in [3.05, 3.63) is 48.7 Å². The highest BCUT2D eigenvalue weighted by molar-refractivity contribution is 5.80. The third-order valence-electron chi connectivity index (χ3n) is 2.31. The fourth-order valence-electron chi connectivity index (χ4n) is 1.47. The molecule has 14 heavy (non-hydrogen) atoms. The highest BCUT2D eigenvalue weighted by Crippen LogP contribution is 2.23. The lowest BCUT2D eigenvalue weighted by atomic mass is 10.0. The van der Waals surface area contributed by atoms with E-state index in [-0.39, 0.29) is 5.91 Å². The Hall–Kier alpha value is -1.57. The number of rotatable bonds is 3. The zero-order valence-corrected chi connectivity index (χ0v) is 8.49. The van der Waals surface area contributed by atoms with Crippen molar-refractivity contribution in [3.8, 4) is 0 Å². The van der Waals surface area contributed by atoms with Gasteiger partial charge in [0.25, 0.3) is 0 Å². The first-order chi connectivity index (χ1) is 6.70. The molecule has 0 N–H and O–H groups in total. The molecule has 0 aromatic heterocycles. The lowest BCUT2D eigenvalue weighted by molar-refractivity contribution is -0.128. The van der Waals surface area contributed by atoms with E-state index in [0.29, 0.717) is 6.42 Å². The second-order valence-electron chi connectivity index (χ2n) is 3.16. The minimum Gasteiger partial charge on any atom is -0.315 e. The van der Waals surface area contributed by atoms with Crippen molar-refractivity contribution in [1.29, 1.82) is 0 Å². The van der Waals surface area contributed by atoms with Gasteiger partial charge in [-0.3, -0.25) is 4.79 Å². The van der Waals surface area contributed by atoms with Crippen molar-refractivity contribution >= 4 is 5.91 Å². The highest BCUT2D eigenvalue weighted by Gasteiger charge is 2.19. The summed E-state index contributed by atoms with van der Waals surface area (Å²) in [5, 5.41) is 0. The van der Waals surface area contributed by atoms with Crippen LogP contribution in [0.25, 0.3) is 0 Å². The smallest absolute Gasteiger partial charge is 0.227 e. The molecule has 74 valence electrons. The number of nitrogens with zero attached hydrogens (tertiary/aromatic N) is 1. The summed E-state index contributed by atoms with van der Waals surface area (Å²) < 4.78 is 0. The number of amides is 1. The Morgan fingerprint density at radius 2 is 2.07 bits per heavy atom. The minimum absolute atomic E-state index is 0.152. The van der Waals surface area contributed by atoms with Crippen molar-refractivity contribution < 1.29 is 4.79 Å². The lowest BCUT2D eigenvalue weighted by Crippen LogP contribution is -2.29. The monoisotopic (exact) mass is 189 g/mol. The molecule has 2 nitrogen and oxygen atoms in total. The van der Waals surface area contributed by atoms with Gasteiger partial charge < -0.3 is 4.90 Å². The first-order valence-corrected chi connectivity index (χ1v) is 4.62. The maximum absolute atomic E-state index is 11.4. The molecule has 0 radical (unpaired) electrons. The van der Waals surface area contributed by atoms with E-state index in [1.807, 2.05) is 18.2 Å². The Kier molecular flexibility index (Phi) is 3.46. The topological polar surface area (TPSA) is 20.3 Å². The van der Waals surface area contributed by atoms with Crippen LogP contribution in [0, 0.1) is 0 Å². The molecule has 1 aliphatic rings. The highest BCUT2D eigenvalue weighted by atomic mass is 16.2. The van der Waals surface area contributed by atoms with E-state index >= 15 is 0 Å². The van der Waals surface area contributed by atoms with Crippen LogP contribution in [0.4, 0.5) is 0 Å². The maximum Gasteiger partial charge on any atom is 0.227 e. The van der Waals surface area contributed by atoms with Gasteiger partial charge in [0.1, 0.15) is 0 Å². The Bertz CT molecular complexity index is 323. The Morgan fingerprint density at radius 3 is 2.64 bits per heavy atom. The van der Waals surface area contributed by atoms with Gasteiger partial charge in [0.05, 0.1) is 0 Å². The first kappa shape index (κ1) is 10.5. The van der Waals surface area contributed by atoms with E-state index in [1.165, 1.54) is 0 Å². The molecule has 1 amide bonds. The van der Waals surface area contributed by atoms with Gasteiger partial charge >= 0.3 is 0 Å². The van der Waals surface area contributed by atoms with Crippen LogP contribution < -0.4 is 0 Å². The lowest BCUT2D eigenvalue weighted by Gasteiger charge is -2.25. The van der Waals surface area contributed by atoms with Gasteiger partial charge in [-0.15, -0.1) is 0 Å². The van der Waals surface area contributed by atoms with Gasteiger partial charge in [-0.05, 0) is 18.1 Å². The van der Waals surface area contributed by atoms with Gasteiger partial charge in [0, 0.05) is 19.2 Å². The SMILES string of the molecule is C=C/C=C\C1=C(C=C)CCC(=O)N1C. The van der Waals surface area contributed by atoms with Crippen LogP contribution in [-0.2, 0) is 4.79 Å². The first-order valence-electron chi connectivity index (χ1n) is 4.62. The molecular formula is C12H15NO. The predicted octanol–water partition coefficient (Wildman–Crippen LogP) is 2.42. The molecule has 1 heterocycles. The van der Waals surface area contributed by atoms with Gasteiger partial charge in [-0.2, -0.15) is 0 Å². The van der Waals surface area contributed by atoms with Crippen molar-refractivity contribution in [3.63, 3.8) is 0 Å². The van der Waals surface area contributed by atoms with Crippen LogP contribution in [-0.4, -0.2) is 17.9 Å². The molecule has 0 aromatic rings. The molecule has 0 spiro atoms. The Balaban J connectivity index is 3.06. The van der Waals surface area contributed by atoms with Gasteiger partial charge in [-0.1, -0.05) is 31.4 Å². The van der Waals surface area contributed by atoms with Crippen molar-refractivity contribution in [2.75, 3.05) is 7.05 Å².